The van der Waals surface area contributed by atoms with Gasteiger partial charge < -0.3 is 9.80 Å². The first-order chi connectivity index (χ1) is 9.17. The van der Waals surface area contributed by atoms with Gasteiger partial charge in [-0.3, -0.25) is 10.1 Å². The minimum absolute atomic E-state index is 0.0533. The van der Waals surface area contributed by atoms with Crippen LogP contribution in [0.1, 0.15) is 46.0 Å². The molecule has 2 rings (SSSR count). The summed E-state index contributed by atoms with van der Waals surface area (Å²) in [6, 6.07) is 0.0533. The Morgan fingerprint density at radius 2 is 2.00 bits per heavy atom. The second-order valence-corrected chi connectivity index (χ2v) is 6.04. The number of likely N-dealkylation sites (N-methyl/N-ethyl adjacent to an activating group) is 1. The molecule has 4 heteroatoms. The van der Waals surface area contributed by atoms with E-state index >= 15 is 0 Å². The second kappa shape index (κ2) is 6.71. The summed E-state index contributed by atoms with van der Waals surface area (Å²) in [4.78, 5) is 16.8. The molecular formula is C15H29N3O. The molecule has 1 heterocycles. The lowest BCUT2D eigenvalue weighted by Crippen LogP contribution is -2.45. The van der Waals surface area contributed by atoms with Crippen LogP contribution in [0.15, 0.2) is 0 Å². The van der Waals surface area contributed by atoms with E-state index in [1.54, 1.807) is 0 Å². The van der Waals surface area contributed by atoms with Crippen molar-refractivity contribution in [2.75, 3.05) is 26.7 Å². The number of hydrogen-bond acceptors (Lipinski definition) is 3. The van der Waals surface area contributed by atoms with Gasteiger partial charge in [0.2, 0.25) is 5.91 Å². The zero-order valence-corrected chi connectivity index (χ0v) is 12.7. The van der Waals surface area contributed by atoms with E-state index < -0.39 is 0 Å². The van der Waals surface area contributed by atoms with Gasteiger partial charge in [0, 0.05) is 13.1 Å². The molecule has 2 unspecified atom stereocenters. The molecular weight excluding hydrogens is 238 g/mol. The van der Waals surface area contributed by atoms with E-state index in [4.69, 9.17) is 0 Å². The molecule has 1 N–H and O–H groups in total. The van der Waals surface area contributed by atoms with Crippen molar-refractivity contribution in [2.24, 2.45) is 5.92 Å². The first-order valence-electron chi connectivity index (χ1n) is 7.92. The normalized spacial score (nSPS) is 28.8. The van der Waals surface area contributed by atoms with Gasteiger partial charge in [-0.1, -0.05) is 26.7 Å². The highest BCUT2D eigenvalue weighted by atomic mass is 16.2. The predicted octanol–water partition coefficient (Wildman–Crippen LogP) is 1.66. The molecule has 0 aromatic carbocycles. The number of hydrogen-bond donors (Lipinski definition) is 1. The zero-order valence-electron chi connectivity index (χ0n) is 12.7. The summed E-state index contributed by atoms with van der Waals surface area (Å²) >= 11 is 0. The summed E-state index contributed by atoms with van der Waals surface area (Å²) in [5, 5.41) is 3.58. The molecule has 19 heavy (non-hydrogen) atoms. The number of rotatable bonds is 6. The number of nitrogens with one attached hydrogen (secondary N) is 1. The van der Waals surface area contributed by atoms with Gasteiger partial charge in [-0.25, -0.2) is 0 Å². The van der Waals surface area contributed by atoms with E-state index in [1.165, 1.54) is 25.7 Å². The lowest BCUT2D eigenvalue weighted by Gasteiger charge is -2.30. The lowest BCUT2D eigenvalue weighted by atomic mass is 10.0. The fourth-order valence-corrected chi connectivity index (χ4v) is 3.35. The highest BCUT2D eigenvalue weighted by Crippen LogP contribution is 2.32. The van der Waals surface area contributed by atoms with Crippen LogP contribution in [0.25, 0.3) is 0 Å². The molecule has 1 aliphatic heterocycles. The van der Waals surface area contributed by atoms with Gasteiger partial charge in [0.05, 0.1) is 12.2 Å². The van der Waals surface area contributed by atoms with Gasteiger partial charge in [0.1, 0.15) is 0 Å². The van der Waals surface area contributed by atoms with Crippen LogP contribution in [0.5, 0.6) is 0 Å². The van der Waals surface area contributed by atoms with Crippen LogP contribution < -0.4 is 5.32 Å². The predicted molar refractivity (Wildman–Crippen MR) is 77.8 cm³/mol. The van der Waals surface area contributed by atoms with Gasteiger partial charge in [0.25, 0.3) is 0 Å². The van der Waals surface area contributed by atoms with E-state index in [9.17, 15) is 4.79 Å². The van der Waals surface area contributed by atoms with Crippen molar-refractivity contribution in [3.05, 3.63) is 0 Å². The van der Waals surface area contributed by atoms with Crippen LogP contribution in [0.4, 0.5) is 0 Å². The van der Waals surface area contributed by atoms with E-state index in [0.717, 1.165) is 26.1 Å². The first kappa shape index (κ1) is 14.8. The lowest BCUT2D eigenvalue weighted by molar-refractivity contribution is -0.130. The maximum Gasteiger partial charge on any atom is 0.241 e. The van der Waals surface area contributed by atoms with Crippen molar-refractivity contribution < 1.29 is 4.79 Å². The number of carbonyl (C=O) groups excluding carboxylic acids is 1. The number of carbonyl (C=O) groups is 1. The Morgan fingerprint density at radius 1 is 1.32 bits per heavy atom. The third kappa shape index (κ3) is 3.29. The smallest absolute Gasteiger partial charge is 0.241 e. The molecule has 2 fully saturated rings. The maximum absolute atomic E-state index is 12.4. The van der Waals surface area contributed by atoms with Gasteiger partial charge in [-0.05, 0) is 38.8 Å². The second-order valence-electron chi connectivity index (χ2n) is 6.04. The molecule has 110 valence electrons. The van der Waals surface area contributed by atoms with Crippen LogP contribution in [0.3, 0.4) is 0 Å². The Labute approximate surface area is 117 Å². The summed E-state index contributed by atoms with van der Waals surface area (Å²) in [5.41, 5.74) is 0. The van der Waals surface area contributed by atoms with Crippen LogP contribution in [-0.2, 0) is 4.79 Å². The Bertz CT molecular complexity index is 302. The van der Waals surface area contributed by atoms with Crippen LogP contribution >= 0.6 is 0 Å². The van der Waals surface area contributed by atoms with Gasteiger partial charge in [-0.2, -0.15) is 0 Å². The Balaban J connectivity index is 1.99. The van der Waals surface area contributed by atoms with E-state index in [0.29, 0.717) is 18.0 Å². The minimum Gasteiger partial charge on any atom is -0.324 e. The van der Waals surface area contributed by atoms with Crippen LogP contribution in [-0.4, -0.2) is 54.6 Å². The molecule has 0 bridgehead atoms. The third-order valence-electron chi connectivity index (χ3n) is 4.81. The summed E-state index contributed by atoms with van der Waals surface area (Å²) in [6.45, 7) is 7.15. The molecule has 1 amide bonds. The summed E-state index contributed by atoms with van der Waals surface area (Å²) < 4.78 is 0. The highest BCUT2D eigenvalue weighted by molar-refractivity contribution is 5.84. The van der Waals surface area contributed by atoms with Crippen molar-refractivity contribution in [3.8, 4) is 0 Å². The Hall–Kier alpha value is -0.610. The average Bonchev–Trinajstić information content (AvgIpc) is 3.04. The fraction of sp³-hybridized carbons (Fsp3) is 0.933. The summed E-state index contributed by atoms with van der Waals surface area (Å²) in [5.74, 6) is 0.997. The molecule has 4 nitrogen and oxygen atoms in total. The molecule has 1 saturated carbocycles. The van der Waals surface area contributed by atoms with Gasteiger partial charge >= 0.3 is 0 Å². The molecule has 0 aromatic rings. The average molecular weight is 267 g/mol. The first-order valence-corrected chi connectivity index (χ1v) is 7.92. The van der Waals surface area contributed by atoms with Crippen molar-refractivity contribution in [1.29, 1.82) is 0 Å². The van der Waals surface area contributed by atoms with Crippen molar-refractivity contribution in [3.63, 3.8) is 0 Å². The Kier molecular flexibility index (Phi) is 5.22. The van der Waals surface area contributed by atoms with Crippen LogP contribution in [0, 0.1) is 5.92 Å². The fourth-order valence-electron chi connectivity index (χ4n) is 3.35. The maximum atomic E-state index is 12.4. The molecule has 2 atom stereocenters. The number of nitrogens with zero attached hydrogens (tertiary/aromatic N) is 2. The largest absolute Gasteiger partial charge is 0.324 e. The monoisotopic (exact) mass is 267 g/mol. The zero-order chi connectivity index (χ0) is 13.8. The SMILES string of the molecule is CCC1NC(C2CCCC2)N(CCN(C)CC)C1=O. The third-order valence-corrected chi connectivity index (χ3v) is 4.81. The quantitative estimate of drug-likeness (QED) is 0.795. The molecule has 2 aliphatic rings. The molecule has 0 aromatic heterocycles. The van der Waals surface area contributed by atoms with E-state index in [-0.39, 0.29) is 6.04 Å². The number of amides is 1. The van der Waals surface area contributed by atoms with Crippen molar-refractivity contribution in [2.45, 2.75) is 58.2 Å². The van der Waals surface area contributed by atoms with Crippen molar-refractivity contribution in [1.82, 2.24) is 15.1 Å². The minimum atomic E-state index is 0.0533. The van der Waals surface area contributed by atoms with E-state index in [2.05, 4.69) is 36.0 Å². The topological polar surface area (TPSA) is 35.6 Å². The summed E-state index contributed by atoms with van der Waals surface area (Å²) in [6.07, 6.45) is 6.42. The molecule has 1 aliphatic carbocycles. The molecule has 0 spiro atoms. The summed E-state index contributed by atoms with van der Waals surface area (Å²) in [7, 11) is 2.12. The molecule has 1 saturated heterocycles. The standard InChI is InChI=1S/C15H29N3O/c1-4-13-15(19)18(11-10-17(3)5-2)14(16-13)12-8-6-7-9-12/h12-14,16H,4-11H2,1-3H3. The van der Waals surface area contributed by atoms with Gasteiger partial charge in [-0.15, -0.1) is 0 Å². The van der Waals surface area contributed by atoms with Crippen LogP contribution in [0.2, 0.25) is 0 Å². The van der Waals surface area contributed by atoms with Crippen molar-refractivity contribution >= 4 is 5.91 Å². The van der Waals surface area contributed by atoms with E-state index in [1.807, 2.05) is 0 Å². The Morgan fingerprint density at radius 3 is 2.58 bits per heavy atom. The highest BCUT2D eigenvalue weighted by Gasteiger charge is 2.41. The molecule has 0 radical (unpaired) electrons. The van der Waals surface area contributed by atoms with Gasteiger partial charge in [0.15, 0.2) is 0 Å².